The fourth-order valence-corrected chi connectivity index (χ4v) is 4.10. The van der Waals surface area contributed by atoms with Crippen LogP contribution in [0.3, 0.4) is 0 Å². The van der Waals surface area contributed by atoms with Crippen molar-refractivity contribution in [3.8, 4) is 5.75 Å². The third-order valence-corrected chi connectivity index (χ3v) is 6.27. The summed E-state index contributed by atoms with van der Waals surface area (Å²) in [6, 6.07) is 7.80. The molecule has 0 radical (unpaired) electrons. The van der Waals surface area contributed by atoms with Gasteiger partial charge >= 0.3 is 0 Å². The number of aliphatic hydroxyl groups is 1. The van der Waals surface area contributed by atoms with Crippen LogP contribution in [0.25, 0.3) is 0 Å². The van der Waals surface area contributed by atoms with Gasteiger partial charge in [-0.2, -0.15) is 0 Å². The summed E-state index contributed by atoms with van der Waals surface area (Å²) in [5.41, 5.74) is 1.03. The van der Waals surface area contributed by atoms with Crippen LogP contribution in [0.5, 0.6) is 5.75 Å². The Morgan fingerprint density at radius 3 is 1.82 bits per heavy atom. The van der Waals surface area contributed by atoms with E-state index >= 15 is 0 Å². The average molecular weight is 465 g/mol. The number of rotatable bonds is 24. The molecule has 0 amide bonds. The first-order chi connectivity index (χ1) is 16.3. The summed E-state index contributed by atoms with van der Waals surface area (Å²) in [5.74, 6) is 0.816. The lowest BCUT2D eigenvalue weighted by Crippen LogP contribution is -2.24. The van der Waals surface area contributed by atoms with E-state index in [1.165, 1.54) is 96.3 Å². The van der Waals surface area contributed by atoms with E-state index in [0.717, 1.165) is 24.3 Å². The topological polar surface area (TPSA) is 47.9 Å². The van der Waals surface area contributed by atoms with E-state index in [2.05, 4.69) is 6.92 Å². The summed E-state index contributed by atoms with van der Waals surface area (Å²) in [6.07, 6.45) is 21.7. The molecule has 0 fully saturated rings. The van der Waals surface area contributed by atoms with Crippen LogP contribution in [0.15, 0.2) is 24.3 Å². The molecule has 0 spiro atoms. The molecule has 0 saturated heterocycles. The molecule has 0 heterocycles. The largest absolute Gasteiger partial charge is 0.497 e. The van der Waals surface area contributed by atoms with Gasteiger partial charge in [0.2, 0.25) is 0 Å². The first-order valence-corrected chi connectivity index (χ1v) is 13.7. The van der Waals surface area contributed by atoms with Crippen molar-refractivity contribution in [3.63, 3.8) is 0 Å². The van der Waals surface area contributed by atoms with Gasteiger partial charge in [-0.15, -0.1) is 0 Å². The lowest BCUT2D eigenvalue weighted by atomic mass is 10.0. The highest BCUT2D eigenvalue weighted by Crippen LogP contribution is 2.15. The van der Waals surface area contributed by atoms with Crippen molar-refractivity contribution in [1.29, 1.82) is 0 Å². The highest BCUT2D eigenvalue weighted by Gasteiger charge is 2.09. The average Bonchev–Trinajstić information content (AvgIpc) is 2.85. The molecule has 0 bridgehead atoms. The van der Waals surface area contributed by atoms with Crippen molar-refractivity contribution in [2.45, 2.75) is 122 Å². The number of hydrogen-bond donors (Lipinski definition) is 1. The van der Waals surface area contributed by atoms with Gasteiger partial charge in [0.25, 0.3) is 0 Å². The first-order valence-electron chi connectivity index (χ1n) is 13.7. The zero-order chi connectivity index (χ0) is 23.8. The predicted octanol–water partition coefficient (Wildman–Crippen LogP) is 7.85. The Morgan fingerprint density at radius 1 is 0.758 bits per heavy atom. The second-order valence-electron chi connectivity index (χ2n) is 9.35. The van der Waals surface area contributed by atoms with Crippen LogP contribution in [0.2, 0.25) is 0 Å². The molecule has 0 aliphatic carbocycles. The molecule has 4 heteroatoms. The molecule has 0 saturated carbocycles. The Labute approximate surface area is 204 Å². The van der Waals surface area contributed by atoms with E-state index in [4.69, 9.17) is 14.2 Å². The zero-order valence-electron chi connectivity index (χ0n) is 21.7. The van der Waals surface area contributed by atoms with Gasteiger partial charge < -0.3 is 19.3 Å². The van der Waals surface area contributed by atoms with Crippen LogP contribution in [0.1, 0.15) is 115 Å². The summed E-state index contributed by atoms with van der Waals surface area (Å²) < 4.78 is 16.7. The molecular weight excluding hydrogens is 412 g/mol. The second-order valence-corrected chi connectivity index (χ2v) is 9.35. The second kappa shape index (κ2) is 22.7. The summed E-state index contributed by atoms with van der Waals surface area (Å²) >= 11 is 0. The highest BCUT2D eigenvalue weighted by atomic mass is 16.5. The molecule has 1 aromatic carbocycles. The van der Waals surface area contributed by atoms with Crippen LogP contribution in [-0.2, 0) is 16.1 Å². The summed E-state index contributed by atoms with van der Waals surface area (Å²) in [5, 5.41) is 9.52. The molecule has 192 valence electrons. The van der Waals surface area contributed by atoms with Gasteiger partial charge in [0.05, 0.1) is 26.9 Å². The number of aliphatic hydroxyl groups excluding tert-OH is 1. The van der Waals surface area contributed by atoms with Crippen molar-refractivity contribution in [2.24, 2.45) is 0 Å². The van der Waals surface area contributed by atoms with Crippen molar-refractivity contribution in [2.75, 3.05) is 26.9 Å². The number of benzene rings is 1. The maximum Gasteiger partial charge on any atom is 0.119 e. The third-order valence-electron chi connectivity index (χ3n) is 6.27. The number of unbranched alkanes of at least 4 members (excludes halogenated alkanes) is 15. The third kappa shape index (κ3) is 18.0. The zero-order valence-corrected chi connectivity index (χ0v) is 21.7. The molecule has 0 aliphatic rings. The van der Waals surface area contributed by atoms with Gasteiger partial charge in [-0.25, -0.2) is 0 Å². The van der Waals surface area contributed by atoms with Crippen LogP contribution in [0.4, 0.5) is 0 Å². The van der Waals surface area contributed by atoms with Gasteiger partial charge in [-0.1, -0.05) is 115 Å². The molecule has 0 unspecified atom stereocenters. The van der Waals surface area contributed by atoms with E-state index in [0.29, 0.717) is 13.2 Å². The predicted molar refractivity (Wildman–Crippen MR) is 139 cm³/mol. The molecule has 1 rings (SSSR count). The minimum Gasteiger partial charge on any atom is -0.497 e. The van der Waals surface area contributed by atoms with Crippen molar-refractivity contribution in [1.82, 2.24) is 0 Å². The molecule has 4 nitrogen and oxygen atoms in total. The summed E-state index contributed by atoms with van der Waals surface area (Å²) in [4.78, 5) is 0. The number of methoxy groups -OCH3 is 1. The van der Waals surface area contributed by atoms with Crippen LogP contribution >= 0.6 is 0 Å². The van der Waals surface area contributed by atoms with E-state index in [-0.39, 0.29) is 12.7 Å². The van der Waals surface area contributed by atoms with E-state index in [1.54, 1.807) is 7.11 Å². The van der Waals surface area contributed by atoms with Gasteiger partial charge in [0.15, 0.2) is 0 Å². The quantitative estimate of drug-likeness (QED) is 0.158. The summed E-state index contributed by atoms with van der Waals surface area (Å²) in [6.45, 7) is 3.90. The SMILES string of the molecule is CCCCCCCCCCCCCCCCCCOC[C@H](CO)OCc1cccc(OC)c1. The van der Waals surface area contributed by atoms with Gasteiger partial charge in [0.1, 0.15) is 11.9 Å². The fraction of sp³-hybridized carbons (Fsp3) is 0.793. The lowest BCUT2D eigenvalue weighted by Gasteiger charge is -2.16. The Kier molecular flexibility index (Phi) is 20.6. The van der Waals surface area contributed by atoms with Gasteiger partial charge in [-0.05, 0) is 24.1 Å². The van der Waals surface area contributed by atoms with E-state index in [1.807, 2.05) is 24.3 Å². The smallest absolute Gasteiger partial charge is 0.119 e. The standard InChI is InChI=1S/C29H52O4/c1-3-4-5-6-7-8-9-10-11-12-13-14-15-16-17-18-22-32-26-29(24-30)33-25-27-20-19-21-28(23-27)31-2/h19-21,23,29-30H,3-18,22,24-26H2,1-2H3/t29-/m0/s1. The molecule has 0 aromatic heterocycles. The Balaban J connectivity index is 1.84. The summed E-state index contributed by atoms with van der Waals surface area (Å²) in [7, 11) is 1.66. The Bertz CT molecular complexity index is 534. The maximum atomic E-state index is 9.52. The fourth-order valence-electron chi connectivity index (χ4n) is 4.10. The number of hydrogen-bond acceptors (Lipinski definition) is 4. The van der Waals surface area contributed by atoms with Crippen molar-refractivity contribution in [3.05, 3.63) is 29.8 Å². The molecule has 0 aliphatic heterocycles. The maximum absolute atomic E-state index is 9.52. The van der Waals surface area contributed by atoms with E-state index in [9.17, 15) is 5.11 Å². The molecule has 1 N–H and O–H groups in total. The van der Waals surface area contributed by atoms with Crippen molar-refractivity contribution < 1.29 is 19.3 Å². The first kappa shape index (κ1) is 29.9. The highest BCUT2D eigenvalue weighted by molar-refractivity contribution is 5.27. The molecule has 1 atom stereocenters. The van der Waals surface area contributed by atoms with Gasteiger partial charge in [0, 0.05) is 6.61 Å². The molecule has 1 aromatic rings. The molecule has 33 heavy (non-hydrogen) atoms. The van der Waals surface area contributed by atoms with Crippen molar-refractivity contribution >= 4 is 0 Å². The Morgan fingerprint density at radius 2 is 1.30 bits per heavy atom. The van der Waals surface area contributed by atoms with Crippen LogP contribution in [0, 0.1) is 0 Å². The molecular formula is C29H52O4. The minimum absolute atomic E-state index is 0.0249. The minimum atomic E-state index is -0.280. The normalized spacial score (nSPS) is 12.2. The van der Waals surface area contributed by atoms with Crippen LogP contribution < -0.4 is 4.74 Å². The Hall–Kier alpha value is -1.10. The van der Waals surface area contributed by atoms with Gasteiger partial charge in [-0.3, -0.25) is 0 Å². The lowest BCUT2D eigenvalue weighted by molar-refractivity contribution is -0.0502. The number of ether oxygens (including phenoxy) is 3. The van der Waals surface area contributed by atoms with E-state index < -0.39 is 0 Å². The van der Waals surface area contributed by atoms with Crippen LogP contribution in [-0.4, -0.2) is 38.1 Å². The monoisotopic (exact) mass is 464 g/mol.